The van der Waals surface area contributed by atoms with Crippen LogP contribution in [0.5, 0.6) is 5.88 Å². The Morgan fingerprint density at radius 1 is 1.37 bits per heavy atom. The quantitative estimate of drug-likeness (QED) is 0.761. The summed E-state index contributed by atoms with van der Waals surface area (Å²) in [5, 5.41) is 17.5. The Hall–Kier alpha value is -2.84. The summed E-state index contributed by atoms with van der Waals surface area (Å²) in [4.78, 5) is 37.4. The van der Waals surface area contributed by atoms with Gasteiger partial charge in [-0.3, -0.25) is 14.2 Å². The topological polar surface area (TPSA) is 115 Å². The lowest BCUT2D eigenvalue weighted by molar-refractivity contribution is 0.0519. The van der Waals surface area contributed by atoms with Crippen molar-refractivity contribution in [3.05, 3.63) is 27.7 Å². The molecule has 146 valence electrons. The molecule has 2 aromatic rings. The van der Waals surface area contributed by atoms with E-state index in [-0.39, 0.29) is 35.0 Å². The van der Waals surface area contributed by atoms with Crippen LogP contribution in [-0.2, 0) is 11.3 Å². The number of nitrogens with one attached hydrogen (secondary N) is 1. The van der Waals surface area contributed by atoms with Crippen LogP contribution in [-0.4, -0.2) is 43.8 Å². The summed E-state index contributed by atoms with van der Waals surface area (Å²) in [5.41, 5.74) is -1.27. The molecule has 27 heavy (non-hydrogen) atoms. The highest BCUT2D eigenvalue weighted by atomic mass is 16.5. The van der Waals surface area contributed by atoms with Crippen molar-refractivity contribution in [3.63, 3.8) is 0 Å². The predicted octanol–water partition coefficient (Wildman–Crippen LogP) is 1.32. The molecule has 0 radical (unpaired) electrons. The van der Waals surface area contributed by atoms with Crippen LogP contribution in [0.2, 0.25) is 0 Å². The summed E-state index contributed by atoms with van der Waals surface area (Å²) in [5.74, 6) is -1.75. The molecule has 9 nitrogen and oxygen atoms in total. The smallest absolute Gasteiger partial charge is 0.358 e. The van der Waals surface area contributed by atoms with E-state index in [0.29, 0.717) is 6.54 Å². The van der Waals surface area contributed by atoms with E-state index in [2.05, 4.69) is 10.4 Å². The van der Waals surface area contributed by atoms with Gasteiger partial charge in [0.15, 0.2) is 11.3 Å². The summed E-state index contributed by atoms with van der Waals surface area (Å²) < 4.78 is 7.34. The maximum absolute atomic E-state index is 12.8. The van der Waals surface area contributed by atoms with Crippen molar-refractivity contribution in [1.29, 1.82) is 0 Å². The van der Waals surface area contributed by atoms with Gasteiger partial charge in [0, 0.05) is 18.7 Å². The van der Waals surface area contributed by atoms with Gasteiger partial charge in [-0.15, -0.1) is 0 Å². The van der Waals surface area contributed by atoms with E-state index in [4.69, 9.17) is 4.74 Å². The summed E-state index contributed by atoms with van der Waals surface area (Å²) in [6.07, 6.45) is 1.69. The van der Waals surface area contributed by atoms with Gasteiger partial charge < -0.3 is 15.2 Å². The first kappa shape index (κ1) is 18.9. The number of carbonyl (C=O) groups excluding carboxylic acids is 2. The Balaban J connectivity index is 2.21. The lowest BCUT2D eigenvalue weighted by atomic mass is 9.96. The number of ether oxygens (including phenoxy) is 1. The molecule has 9 heteroatoms. The average Bonchev–Trinajstić information content (AvgIpc) is 3.24. The fraction of sp³-hybridized carbons (Fsp3) is 0.556. The van der Waals surface area contributed by atoms with Crippen molar-refractivity contribution in [2.75, 3.05) is 6.61 Å². The van der Waals surface area contributed by atoms with Gasteiger partial charge in [-0.25, -0.2) is 4.79 Å². The highest BCUT2D eigenvalue weighted by Gasteiger charge is 2.30. The first-order valence-corrected chi connectivity index (χ1v) is 8.96. The minimum absolute atomic E-state index is 0.0239. The molecule has 2 heterocycles. The number of aromatic hydroxyl groups is 1. The number of fused-ring (bicyclic) bond motifs is 1. The number of aromatic nitrogens is 3. The van der Waals surface area contributed by atoms with E-state index in [9.17, 15) is 19.5 Å². The molecular weight excluding hydrogens is 352 g/mol. The number of hydrogen-bond acceptors (Lipinski definition) is 6. The van der Waals surface area contributed by atoms with Gasteiger partial charge >= 0.3 is 5.97 Å². The summed E-state index contributed by atoms with van der Waals surface area (Å²) in [6, 6.07) is 1.41. The van der Waals surface area contributed by atoms with Crippen LogP contribution in [0, 0.1) is 5.41 Å². The van der Waals surface area contributed by atoms with Crippen molar-refractivity contribution in [3.8, 4) is 5.88 Å². The zero-order valence-electron chi connectivity index (χ0n) is 15.9. The Morgan fingerprint density at radius 2 is 2.04 bits per heavy atom. The summed E-state index contributed by atoms with van der Waals surface area (Å²) in [6.45, 7) is 7.99. The summed E-state index contributed by atoms with van der Waals surface area (Å²) in [7, 11) is 0. The fourth-order valence-corrected chi connectivity index (χ4v) is 2.78. The maximum Gasteiger partial charge on any atom is 0.358 e. The molecule has 0 saturated heterocycles. The predicted molar refractivity (Wildman–Crippen MR) is 97.0 cm³/mol. The molecular formula is C18H24N4O5. The highest BCUT2D eigenvalue weighted by molar-refractivity contribution is 5.97. The van der Waals surface area contributed by atoms with Crippen LogP contribution in [0.1, 0.15) is 61.4 Å². The number of amides is 1. The standard InChI is InChI=1S/C18H24N4O5/c1-5-27-17(26)11-8-12-21(9-18(2,3)4)15(24)13(16(25)22(12)20-11)14(23)19-10-6-7-10/h8,10,24H,5-7,9H2,1-4H3,(H,19,23). The normalized spacial score (nSPS) is 14.4. The van der Waals surface area contributed by atoms with Crippen LogP contribution in [0.3, 0.4) is 0 Å². The van der Waals surface area contributed by atoms with Gasteiger partial charge in [-0.05, 0) is 25.2 Å². The monoisotopic (exact) mass is 376 g/mol. The van der Waals surface area contributed by atoms with Crippen LogP contribution in [0.4, 0.5) is 0 Å². The molecule has 3 rings (SSSR count). The number of hydrogen-bond donors (Lipinski definition) is 2. The third-order valence-electron chi connectivity index (χ3n) is 4.11. The molecule has 1 saturated carbocycles. The largest absolute Gasteiger partial charge is 0.494 e. The molecule has 1 amide bonds. The molecule has 0 bridgehead atoms. The van der Waals surface area contributed by atoms with Crippen molar-refractivity contribution in [2.45, 2.75) is 53.1 Å². The number of carbonyl (C=O) groups is 2. The Kier molecular flexibility index (Phi) is 4.71. The first-order valence-electron chi connectivity index (χ1n) is 8.96. The Labute approximate surface area is 155 Å². The minimum Gasteiger partial charge on any atom is -0.494 e. The van der Waals surface area contributed by atoms with E-state index < -0.39 is 23.3 Å². The van der Waals surface area contributed by atoms with Gasteiger partial charge in [0.25, 0.3) is 11.5 Å². The zero-order chi connectivity index (χ0) is 19.9. The van der Waals surface area contributed by atoms with Crippen LogP contribution < -0.4 is 10.9 Å². The van der Waals surface area contributed by atoms with Crippen molar-refractivity contribution >= 4 is 17.5 Å². The highest BCUT2D eigenvalue weighted by Crippen LogP contribution is 2.26. The summed E-state index contributed by atoms with van der Waals surface area (Å²) >= 11 is 0. The van der Waals surface area contributed by atoms with Crippen LogP contribution in [0.25, 0.3) is 5.65 Å². The average molecular weight is 376 g/mol. The molecule has 0 atom stereocenters. The minimum atomic E-state index is -0.777. The van der Waals surface area contributed by atoms with Crippen molar-refractivity contribution in [1.82, 2.24) is 19.5 Å². The lowest BCUT2D eigenvalue weighted by Crippen LogP contribution is -2.35. The molecule has 2 aromatic heterocycles. The SMILES string of the molecule is CCOC(=O)c1cc2n(CC(C)(C)C)c(O)c(C(=O)NC3CC3)c(=O)n2n1. The van der Waals surface area contributed by atoms with Crippen molar-refractivity contribution in [2.24, 2.45) is 5.41 Å². The fourth-order valence-electron chi connectivity index (χ4n) is 2.78. The van der Waals surface area contributed by atoms with E-state index in [1.165, 1.54) is 10.6 Å². The van der Waals surface area contributed by atoms with Gasteiger partial charge in [0.05, 0.1) is 6.61 Å². The molecule has 0 spiro atoms. The van der Waals surface area contributed by atoms with Gasteiger partial charge in [-0.1, -0.05) is 20.8 Å². The van der Waals surface area contributed by atoms with Crippen molar-refractivity contribution < 1.29 is 19.4 Å². The molecule has 2 N–H and O–H groups in total. The second-order valence-electron chi connectivity index (χ2n) is 7.92. The third kappa shape index (κ3) is 3.81. The molecule has 0 aliphatic heterocycles. The maximum atomic E-state index is 12.8. The molecule has 1 aliphatic rings. The second kappa shape index (κ2) is 6.71. The first-order chi connectivity index (χ1) is 12.6. The molecule has 0 aromatic carbocycles. The Bertz CT molecular complexity index is 963. The zero-order valence-corrected chi connectivity index (χ0v) is 15.9. The van der Waals surface area contributed by atoms with Gasteiger partial charge in [-0.2, -0.15) is 9.61 Å². The number of esters is 1. The number of nitrogens with zero attached hydrogens (tertiary/aromatic N) is 3. The number of rotatable bonds is 5. The molecule has 1 fully saturated rings. The van der Waals surface area contributed by atoms with Crippen LogP contribution in [0.15, 0.2) is 10.9 Å². The van der Waals surface area contributed by atoms with E-state index in [1.54, 1.807) is 6.92 Å². The van der Waals surface area contributed by atoms with E-state index >= 15 is 0 Å². The molecule has 1 aliphatic carbocycles. The Morgan fingerprint density at radius 3 is 2.59 bits per heavy atom. The van der Waals surface area contributed by atoms with Crippen LogP contribution >= 0.6 is 0 Å². The second-order valence-corrected chi connectivity index (χ2v) is 7.92. The van der Waals surface area contributed by atoms with E-state index in [0.717, 1.165) is 17.4 Å². The van der Waals surface area contributed by atoms with E-state index in [1.807, 2.05) is 20.8 Å². The molecule has 0 unspecified atom stereocenters. The lowest BCUT2D eigenvalue weighted by Gasteiger charge is -2.23. The van der Waals surface area contributed by atoms with Gasteiger partial charge in [0.2, 0.25) is 5.88 Å². The van der Waals surface area contributed by atoms with Gasteiger partial charge in [0.1, 0.15) is 5.65 Å². The third-order valence-corrected chi connectivity index (χ3v) is 4.11.